The Bertz CT molecular complexity index is 838. The fourth-order valence-electron chi connectivity index (χ4n) is 2.76. The molecule has 3 rings (SSSR count). The standard InChI is InChI=1S/C19H21N3O/c1-5-23-18-11-16-17(6-7-20-19(16)21-14(18)4)22-15-9-12(2)8-13(3)10-15/h6-11H,5H2,1-4H3,(H,20,21,22). The van der Waals surface area contributed by atoms with Crippen LogP contribution in [-0.2, 0) is 0 Å². The van der Waals surface area contributed by atoms with Crippen molar-refractivity contribution >= 4 is 22.4 Å². The number of hydrogen-bond acceptors (Lipinski definition) is 4. The number of anilines is 2. The highest BCUT2D eigenvalue weighted by Crippen LogP contribution is 2.29. The lowest BCUT2D eigenvalue weighted by Gasteiger charge is -2.13. The summed E-state index contributed by atoms with van der Waals surface area (Å²) in [6.07, 6.45) is 1.78. The molecule has 4 nitrogen and oxygen atoms in total. The van der Waals surface area contributed by atoms with Crippen LogP contribution in [0.15, 0.2) is 36.5 Å². The average Bonchev–Trinajstić information content (AvgIpc) is 2.48. The van der Waals surface area contributed by atoms with E-state index in [1.54, 1.807) is 6.20 Å². The van der Waals surface area contributed by atoms with E-state index in [9.17, 15) is 0 Å². The lowest BCUT2D eigenvalue weighted by Crippen LogP contribution is -1.99. The summed E-state index contributed by atoms with van der Waals surface area (Å²) in [7, 11) is 0. The molecule has 1 N–H and O–H groups in total. The predicted octanol–water partition coefficient (Wildman–Crippen LogP) is 4.70. The Morgan fingerprint density at radius 3 is 2.48 bits per heavy atom. The maximum Gasteiger partial charge on any atom is 0.161 e. The Balaban J connectivity index is 2.07. The Labute approximate surface area is 136 Å². The number of ether oxygens (including phenoxy) is 1. The Hall–Kier alpha value is -2.62. The molecule has 23 heavy (non-hydrogen) atoms. The van der Waals surface area contributed by atoms with Gasteiger partial charge in [-0.1, -0.05) is 6.07 Å². The van der Waals surface area contributed by atoms with Gasteiger partial charge >= 0.3 is 0 Å². The Morgan fingerprint density at radius 1 is 1.04 bits per heavy atom. The molecule has 118 valence electrons. The number of benzene rings is 1. The number of nitrogens with zero attached hydrogens (tertiary/aromatic N) is 2. The Kier molecular flexibility index (Phi) is 4.15. The van der Waals surface area contributed by atoms with Gasteiger partial charge in [-0.05, 0) is 63.1 Å². The summed E-state index contributed by atoms with van der Waals surface area (Å²) in [4.78, 5) is 8.93. The number of aromatic nitrogens is 2. The van der Waals surface area contributed by atoms with E-state index in [1.807, 2.05) is 26.0 Å². The molecule has 0 saturated heterocycles. The molecule has 0 saturated carbocycles. The third-order valence-corrected chi connectivity index (χ3v) is 3.68. The number of nitrogens with one attached hydrogen (secondary N) is 1. The first-order valence-electron chi connectivity index (χ1n) is 7.81. The summed E-state index contributed by atoms with van der Waals surface area (Å²) >= 11 is 0. The molecule has 0 spiro atoms. The predicted molar refractivity (Wildman–Crippen MR) is 94.6 cm³/mol. The molecule has 2 heterocycles. The third-order valence-electron chi connectivity index (χ3n) is 3.68. The monoisotopic (exact) mass is 307 g/mol. The zero-order chi connectivity index (χ0) is 16.4. The summed E-state index contributed by atoms with van der Waals surface area (Å²) in [6, 6.07) is 10.4. The number of pyridine rings is 2. The molecule has 0 radical (unpaired) electrons. The van der Waals surface area contributed by atoms with Crippen molar-refractivity contribution in [2.24, 2.45) is 0 Å². The normalized spacial score (nSPS) is 10.8. The van der Waals surface area contributed by atoms with E-state index in [1.165, 1.54) is 11.1 Å². The molecule has 0 amide bonds. The largest absolute Gasteiger partial charge is 0.492 e. The molecular weight excluding hydrogens is 286 g/mol. The van der Waals surface area contributed by atoms with E-state index in [0.29, 0.717) is 6.61 Å². The molecule has 0 aliphatic rings. The molecule has 3 aromatic rings. The van der Waals surface area contributed by atoms with Crippen LogP contribution in [-0.4, -0.2) is 16.6 Å². The summed E-state index contributed by atoms with van der Waals surface area (Å²) < 4.78 is 5.67. The van der Waals surface area contributed by atoms with Crippen LogP contribution in [0.3, 0.4) is 0 Å². The molecule has 0 fully saturated rings. The van der Waals surface area contributed by atoms with Crippen LogP contribution in [0.5, 0.6) is 5.75 Å². The highest BCUT2D eigenvalue weighted by Gasteiger charge is 2.09. The van der Waals surface area contributed by atoms with Crippen molar-refractivity contribution in [1.29, 1.82) is 0 Å². The van der Waals surface area contributed by atoms with Crippen LogP contribution in [0.4, 0.5) is 11.4 Å². The second kappa shape index (κ2) is 6.24. The summed E-state index contributed by atoms with van der Waals surface area (Å²) in [6.45, 7) is 8.73. The van der Waals surface area contributed by atoms with Crippen LogP contribution in [0.2, 0.25) is 0 Å². The topological polar surface area (TPSA) is 47.0 Å². The van der Waals surface area contributed by atoms with E-state index in [-0.39, 0.29) is 0 Å². The number of fused-ring (bicyclic) bond motifs is 1. The Morgan fingerprint density at radius 2 is 1.78 bits per heavy atom. The second-order valence-electron chi connectivity index (χ2n) is 5.74. The van der Waals surface area contributed by atoms with Gasteiger partial charge < -0.3 is 10.1 Å². The summed E-state index contributed by atoms with van der Waals surface area (Å²) in [5.74, 6) is 0.802. The van der Waals surface area contributed by atoms with Gasteiger partial charge in [0.2, 0.25) is 0 Å². The van der Waals surface area contributed by atoms with Gasteiger partial charge in [0.05, 0.1) is 18.0 Å². The van der Waals surface area contributed by atoms with E-state index in [2.05, 4.69) is 47.3 Å². The van der Waals surface area contributed by atoms with Crippen LogP contribution in [0.25, 0.3) is 11.0 Å². The van der Waals surface area contributed by atoms with E-state index in [4.69, 9.17) is 4.74 Å². The summed E-state index contributed by atoms with van der Waals surface area (Å²) in [5, 5.41) is 4.44. The van der Waals surface area contributed by atoms with Crippen molar-refractivity contribution in [2.75, 3.05) is 11.9 Å². The first-order valence-corrected chi connectivity index (χ1v) is 7.81. The maximum atomic E-state index is 5.67. The molecule has 0 atom stereocenters. The SMILES string of the molecule is CCOc1cc2c(Nc3cc(C)cc(C)c3)ccnc2nc1C. The minimum absolute atomic E-state index is 0.619. The quantitative estimate of drug-likeness (QED) is 0.759. The first-order chi connectivity index (χ1) is 11.1. The van der Waals surface area contributed by atoms with Gasteiger partial charge in [-0.2, -0.15) is 0 Å². The fourth-order valence-corrected chi connectivity index (χ4v) is 2.76. The lowest BCUT2D eigenvalue weighted by molar-refractivity contribution is 0.337. The van der Waals surface area contributed by atoms with Crippen molar-refractivity contribution in [3.63, 3.8) is 0 Å². The van der Waals surface area contributed by atoms with Crippen LogP contribution < -0.4 is 10.1 Å². The molecular formula is C19H21N3O. The highest BCUT2D eigenvalue weighted by atomic mass is 16.5. The minimum Gasteiger partial charge on any atom is -0.492 e. The van der Waals surface area contributed by atoms with Crippen molar-refractivity contribution in [3.05, 3.63) is 53.3 Å². The number of rotatable bonds is 4. The summed E-state index contributed by atoms with van der Waals surface area (Å²) in [5.41, 5.74) is 6.09. The van der Waals surface area contributed by atoms with Crippen LogP contribution in [0, 0.1) is 20.8 Å². The molecule has 0 bridgehead atoms. The molecule has 0 aliphatic heterocycles. The van der Waals surface area contributed by atoms with Crippen LogP contribution >= 0.6 is 0 Å². The van der Waals surface area contributed by atoms with E-state index < -0.39 is 0 Å². The molecule has 4 heteroatoms. The number of hydrogen-bond donors (Lipinski definition) is 1. The molecule has 0 unspecified atom stereocenters. The van der Waals surface area contributed by atoms with Crippen molar-refractivity contribution in [3.8, 4) is 5.75 Å². The average molecular weight is 307 g/mol. The van der Waals surface area contributed by atoms with Gasteiger partial charge in [0.1, 0.15) is 5.75 Å². The zero-order valence-electron chi connectivity index (χ0n) is 14.0. The zero-order valence-corrected chi connectivity index (χ0v) is 14.0. The van der Waals surface area contributed by atoms with Gasteiger partial charge in [-0.3, -0.25) is 0 Å². The molecule has 1 aromatic carbocycles. The van der Waals surface area contributed by atoms with Gasteiger partial charge in [0.15, 0.2) is 5.65 Å². The van der Waals surface area contributed by atoms with Crippen LogP contribution in [0.1, 0.15) is 23.7 Å². The van der Waals surface area contributed by atoms with E-state index in [0.717, 1.165) is 33.9 Å². The van der Waals surface area contributed by atoms with Crippen molar-refractivity contribution in [2.45, 2.75) is 27.7 Å². The van der Waals surface area contributed by atoms with Crippen molar-refractivity contribution < 1.29 is 4.74 Å². The fraction of sp³-hybridized carbons (Fsp3) is 0.263. The number of aryl methyl sites for hydroxylation is 3. The van der Waals surface area contributed by atoms with Gasteiger partial charge in [-0.15, -0.1) is 0 Å². The van der Waals surface area contributed by atoms with E-state index >= 15 is 0 Å². The lowest BCUT2D eigenvalue weighted by atomic mass is 10.1. The molecule has 0 aliphatic carbocycles. The smallest absolute Gasteiger partial charge is 0.161 e. The maximum absolute atomic E-state index is 5.67. The van der Waals surface area contributed by atoms with Gasteiger partial charge in [-0.25, -0.2) is 9.97 Å². The second-order valence-corrected chi connectivity index (χ2v) is 5.74. The first kappa shape index (κ1) is 15.3. The highest BCUT2D eigenvalue weighted by molar-refractivity contribution is 5.91. The van der Waals surface area contributed by atoms with Crippen molar-refractivity contribution in [1.82, 2.24) is 9.97 Å². The van der Waals surface area contributed by atoms with Gasteiger partial charge in [0, 0.05) is 17.3 Å². The minimum atomic E-state index is 0.619. The third kappa shape index (κ3) is 3.26. The molecule has 2 aromatic heterocycles. The van der Waals surface area contributed by atoms with Gasteiger partial charge in [0.25, 0.3) is 0 Å².